The Labute approximate surface area is 270 Å². The fourth-order valence-corrected chi connectivity index (χ4v) is 6.53. The molecular weight excluding hydrogens is 705 g/mol. The predicted octanol–water partition coefficient (Wildman–Crippen LogP) is 8.05. The molecule has 0 fully saturated rings. The number of alkyl halides is 6. The number of thioether (sulfide) groups is 1. The Bertz CT molecular complexity index is 2030. The fourth-order valence-electron chi connectivity index (χ4n) is 4.59. The quantitative estimate of drug-likeness (QED) is 0.0981. The number of aromatic nitrogens is 4. The summed E-state index contributed by atoms with van der Waals surface area (Å²) in [5, 5.41) is 6.97. The van der Waals surface area contributed by atoms with Gasteiger partial charge in [-0.3, -0.25) is 9.35 Å². The molecule has 46 heavy (non-hydrogen) atoms. The molecule has 1 unspecified atom stereocenters. The summed E-state index contributed by atoms with van der Waals surface area (Å²) in [6.07, 6.45) is -6.72. The highest BCUT2D eigenvalue weighted by Gasteiger charge is 2.39. The molecule has 0 saturated carbocycles. The standard InChI is InChI=1S/C28H18Cl2F6N4O4S2/c29-17-5-10-20(21(30)11-17)23-12-22-25(26(41)39(37-22)14-15-1-8-19(9-2-15)45-28(34,35)36)38-40(23)18-6-3-16(4-7-18)24(46(42,43)44)13-27(31,32)33/h1-12,24H,13-14H2,(H,42,43,44). The van der Waals surface area contributed by atoms with Gasteiger partial charge in [0, 0.05) is 15.5 Å². The largest absolute Gasteiger partial charge is 0.446 e. The maximum absolute atomic E-state index is 13.3. The van der Waals surface area contributed by atoms with Gasteiger partial charge in [-0.1, -0.05) is 47.5 Å². The average molecular weight is 724 g/mol. The van der Waals surface area contributed by atoms with Crippen molar-refractivity contribution in [3.63, 3.8) is 0 Å². The molecule has 18 heteroatoms. The van der Waals surface area contributed by atoms with Crippen LogP contribution >= 0.6 is 35.0 Å². The Morgan fingerprint density at radius 3 is 2.11 bits per heavy atom. The van der Waals surface area contributed by atoms with E-state index < -0.39 is 39.0 Å². The van der Waals surface area contributed by atoms with Crippen LogP contribution in [0.1, 0.15) is 22.8 Å². The van der Waals surface area contributed by atoms with Gasteiger partial charge in [-0.15, -0.1) is 0 Å². The smallest absolute Gasteiger partial charge is 0.285 e. The van der Waals surface area contributed by atoms with E-state index >= 15 is 0 Å². The van der Waals surface area contributed by atoms with Gasteiger partial charge in [-0.25, -0.2) is 9.36 Å². The minimum absolute atomic E-state index is 0.0382. The first-order valence-electron chi connectivity index (χ1n) is 12.8. The van der Waals surface area contributed by atoms with Crippen LogP contribution in [0.5, 0.6) is 0 Å². The normalized spacial score (nSPS) is 13.3. The third kappa shape index (κ3) is 7.86. The molecule has 8 nitrogen and oxygen atoms in total. The van der Waals surface area contributed by atoms with Crippen LogP contribution in [0.3, 0.4) is 0 Å². The number of halogens is 8. The molecule has 2 aliphatic rings. The number of hydrogen-bond donors (Lipinski definition) is 1. The lowest BCUT2D eigenvalue weighted by atomic mass is 10.1. The van der Waals surface area contributed by atoms with E-state index in [4.69, 9.17) is 23.2 Å². The van der Waals surface area contributed by atoms with Crippen LogP contribution in [0.4, 0.5) is 26.3 Å². The summed E-state index contributed by atoms with van der Waals surface area (Å²) < 4.78 is 113. The van der Waals surface area contributed by atoms with Gasteiger partial charge in [0.2, 0.25) is 0 Å². The molecule has 0 amide bonds. The van der Waals surface area contributed by atoms with E-state index in [2.05, 4.69) is 10.2 Å². The van der Waals surface area contributed by atoms with Gasteiger partial charge in [-0.05, 0) is 71.4 Å². The molecule has 2 aliphatic heterocycles. The van der Waals surface area contributed by atoms with E-state index in [1.54, 1.807) is 6.07 Å². The monoisotopic (exact) mass is 722 g/mol. The zero-order valence-corrected chi connectivity index (χ0v) is 25.9. The first-order valence-corrected chi connectivity index (χ1v) is 15.9. The first kappa shape index (κ1) is 33.8. The van der Waals surface area contributed by atoms with Gasteiger partial charge in [0.25, 0.3) is 15.7 Å². The third-order valence-electron chi connectivity index (χ3n) is 6.59. The molecule has 1 N–H and O–H groups in total. The van der Waals surface area contributed by atoms with Crippen LogP contribution in [-0.4, -0.2) is 44.2 Å². The highest BCUT2D eigenvalue weighted by Crippen LogP contribution is 2.38. The molecule has 0 saturated heterocycles. The van der Waals surface area contributed by atoms with Crippen LogP contribution in [0, 0.1) is 0 Å². The van der Waals surface area contributed by atoms with E-state index in [1.165, 1.54) is 59.3 Å². The minimum Gasteiger partial charge on any atom is -0.285 e. The van der Waals surface area contributed by atoms with Crippen molar-refractivity contribution < 1.29 is 39.3 Å². The van der Waals surface area contributed by atoms with Crippen molar-refractivity contribution in [1.29, 1.82) is 0 Å². The van der Waals surface area contributed by atoms with Crippen LogP contribution in [0.25, 0.3) is 28.3 Å². The molecule has 0 radical (unpaired) electrons. The summed E-state index contributed by atoms with van der Waals surface area (Å²) in [6.45, 7) is -0.103. The maximum atomic E-state index is 13.3. The second kappa shape index (κ2) is 12.6. The van der Waals surface area contributed by atoms with Gasteiger partial charge in [0.05, 0.1) is 29.4 Å². The van der Waals surface area contributed by atoms with Crippen molar-refractivity contribution in [3.05, 3.63) is 104 Å². The number of benzene rings is 3. The van der Waals surface area contributed by atoms with Crippen molar-refractivity contribution in [2.75, 3.05) is 0 Å². The highest BCUT2D eigenvalue weighted by atomic mass is 35.5. The Balaban J connectivity index is 1.59. The SMILES string of the molecule is O=c1c2nn(-c3ccc(C(CC(F)(F)F)S(=O)(=O)O)cc3)c(-c3ccc(Cl)cc3Cl)cc-2nn1Cc1ccc(SC(F)(F)F)cc1. The van der Waals surface area contributed by atoms with E-state index in [9.17, 15) is 44.1 Å². The lowest BCUT2D eigenvalue weighted by Crippen LogP contribution is -2.21. The van der Waals surface area contributed by atoms with E-state index in [-0.39, 0.29) is 56.6 Å². The fraction of sp³-hybridized carbons (Fsp3) is 0.179. The molecule has 0 aliphatic carbocycles. The molecule has 1 atom stereocenters. The zero-order chi connectivity index (χ0) is 33.6. The summed E-state index contributed by atoms with van der Waals surface area (Å²) in [7, 11) is -5.13. The first-order chi connectivity index (χ1) is 21.4. The Morgan fingerprint density at radius 1 is 0.891 bits per heavy atom. The molecule has 0 spiro atoms. The number of rotatable bonds is 8. The lowest BCUT2D eigenvalue weighted by molar-refractivity contribution is -0.135. The van der Waals surface area contributed by atoms with Crippen molar-refractivity contribution in [1.82, 2.24) is 19.6 Å². The summed E-state index contributed by atoms with van der Waals surface area (Å²) >= 11 is 12.2. The topological polar surface area (TPSA) is 107 Å². The molecule has 0 bridgehead atoms. The number of fused-ring (bicyclic) bond motifs is 1. The molecule has 5 rings (SSSR count). The molecule has 0 aromatic heterocycles. The van der Waals surface area contributed by atoms with Gasteiger partial charge in [0.15, 0.2) is 5.69 Å². The van der Waals surface area contributed by atoms with Crippen LogP contribution in [0.15, 0.2) is 82.5 Å². The van der Waals surface area contributed by atoms with Gasteiger partial charge < -0.3 is 0 Å². The van der Waals surface area contributed by atoms with Crippen molar-refractivity contribution in [3.8, 4) is 28.3 Å². The van der Waals surface area contributed by atoms with Crippen molar-refractivity contribution in [2.45, 2.75) is 34.8 Å². The van der Waals surface area contributed by atoms with Crippen LogP contribution in [-0.2, 0) is 16.7 Å². The zero-order valence-electron chi connectivity index (χ0n) is 22.7. The highest BCUT2D eigenvalue weighted by molar-refractivity contribution is 8.00. The molecule has 3 aromatic rings. The maximum Gasteiger partial charge on any atom is 0.446 e. The number of hydrogen-bond acceptors (Lipinski definition) is 6. The van der Waals surface area contributed by atoms with Crippen LogP contribution < -0.4 is 5.56 Å². The Hall–Kier alpha value is -3.57. The van der Waals surface area contributed by atoms with Gasteiger partial charge in [-0.2, -0.15) is 45.0 Å². The molecule has 242 valence electrons. The number of nitrogens with zero attached hydrogens (tertiary/aromatic N) is 4. The Kier molecular flexibility index (Phi) is 9.22. The third-order valence-corrected chi connectivity index (χ3v) is 9.04. The predicted molar refractivity (Wildman–Crippen MR) is 160 cm³/mol. The molecule has 2 heterocycles. The van der Waals surface area contributed by atoms with E-state index in [0.717, 1.165) is 16.8 Å². The summed E-state index contributed by atoms with van der Waals surface area (Å²) in [5.74, 6) is 0. The van der Waals surface area contributed by atoms with E-state index in [0.29, 0.717) is 16.1 Å². The second-order valence-electron chi connectivity index (χ2n) is 9.87. The summed E-state index contributed by atoms with van der Waals surface area (Å²) in [6, 6.07) is 16.1. The average Bonchev–Trinajstić information content (AvgIpc) is 3.24. The minimum atomic E-state index is -5.13. The van der Waals surface area contributed by atoms with Gasteiger partial charge in [0.1, 0.15) is 10.9 Å². The summed E-state index contributed by atoms with van der Waals surface area (Å²) in [4.78, 5) is 13.3. The molecular formula is C28H18Cl2F6N4O4S2. The van der Waals surface area contributed by atoms with E-state index in [1.807, 2.05) is 0 Å². The lowest BCUT2D eigenvalue weighted by Gasteiger charge is -2.18. The second-order valence-corrected chi connectivity index (χ2v) is 13.4. The van der Waals surface area contributed by atoms with Crippen molar-refractivity contribution >= 4 is 45.1 Å². The van der Waals surface area contributed by atoms with Crippen LogP contribution in [0.2, 0.25) is 10.0 Å². The molecule has 3 aromatic carbocycles. The summed E-state index contributed by atoms with van der Waals surface area (Å²) in [5.41, 5.74) is -4.16. The Morgan fingerprint density at radius 2 is 1.54 bits per heavy atom. The van der Waals surface area contributed by atoms with Crippen molar-refractivity contribution in [2.24, 2.45) is 0 Å². The van der Waals surface area contributed by atoms with Gasteiger partial charge >= 0.3 is 11.7 Å².